The van der Waals surface area contributed by atoms with Gasteiger partial charge < -0.3 is 10.6 Å². The van der Waals surface area contributed by atoms with Crippen LogP contribution in [-0.4, -0.2) is 16.9 Å². The van der Waals surface area contributed by atoms with Gasteiger partial charge in [0.1, 0.15) is 0 Å². The Morgan fingerprint density at radius 3 is 2.26 bits per heavy atom. The quantitative estimate of drug-likeness (QED) is 0.498. The molecule has 0 radical (unpaired) electrons. The molecule has 0 aliphatic carbocycles. The van der Waals surface area contributed by atoms with E-state index in [0.717, 1.165) is 0 Å². The Hall–Kier alpha value is -2.01. The Morgan fingerprint density at radius 2 is 1.74 bits per heavy atom. The van der Waals surface area contributed by atoms with Crippen LogP contribution in [0.25, 0.3) is 0 Å². The van der Waals surface area contributed by atoms with Crippen molar-refractivity contribution in [1.82, 2.24) is 10.6 Å². The van der Waals surface area contributed by atoms with Gasteiger partial charge in [0.05, 0.1) is 0 Å². The fourth-order valence-corrected chi connectivity index (χ4v) is 2.32. The van der Waals surface area contributed by atoms with Crippen molar-refractivity contribution >= 4 is 29.1 Å². The molecular weight excluding hydrogens is 260 g/mol. The molecule has 0 unspecified atom stereocenters. The monoisotopic (exact) mass is 274 g/mol. The van der Waals surface area contributed by atoms with Crippen molar-refractivity contribution in [2.24, 2.45) is 0 Å². The van der Waals surface area contributed by atoms with Gasteiger partial charge in [0, 0.05) is 0 Å². The van der Waals surface area contributed by atoms with Crippen LogP contribution in [0.1, 0.15) is 18.9 Å². The number of hydrogen-bond donors (Lipinski definition) is 2. The molecule has 2 amide bonds. The van der Waals surface area contributed by atoms with E-state index in [4.69, 9.17) is 12.2 Å². The van der Waals surface area contributed by atoms with Crippen LogP contribution >= 0.6 is 12.2 Å². The van der Waals surface area contributed by atoms with Gasteiger partial charge in [0.15, 0.2) is 10.5 Å². The van der Waals surface area contributed by atoms with Crippen molar-refractivity contribution in [3.63, 3.8) is 0 Å². The molecule has 1 aliphatic rings. The summed E-state index contributed by atoms with van der Waals surface area (Å²) >= 11 is 4.84. The molecule has 1 aliphatic heterocycles. The lowest BCUT2D eigenvalue weighted by atomic mass is 9.75. The van der Waals surface area contributed by atoms with E-state index in [1.165, 1.54) is 0 Å². The van der Waals surface area contributed by atoms with E-state index in [9.17, 15) is 9.59 Å². The third-order valence-corrected chi connectivity index (χ3v) is 3.36. The van der Waals surface area contributed by atoms with Crippen LogP contribution < -0.4 is 10.6 Å². The van der Waals surface area contributed by atoms with Crippen LogP contribution in [0.3, 0.4) is 0 Å². The lowest BCUT2D eigenvalue weighted by molar-refractivity contribution is -0.137. The number of thiocarbonyl (C=S) groups is 1. The molecule has 4 nitrogen and oxygen atoms in total. The van der Waals surface area contributed by atoms with Gasteiger partial charge in [0.2, 0.25) is 11.8 Å². The second-order valence-corrected chi connectivity index (χ2v) is 4.69. The van der Waals surface area contributed by atoms with Crippen LogP contribution in [0.15, 0.2) is 42.5 Å². The van der Waals surface area contributed by atoms with E-state index >= 15 is 0 Å². The molecule has 0 spiro atoms. The molecule has 98 valence electrons. The number of carbonyl (C=O) groups excluding carboxylic acids is 2. The molecule has 19 heavy (non-hydrogen) atoms. The molecule has 1 fully saturated rings. The van der Waals surface area contributed by atoms with Crippen molar-refractivity contribution in [3.8, 4) is 0 Å². The van der Waals surface area contributed by atoms with Gasteiger partial charge in [-0.25, -0.2) is 0 Å². The number of nitrogens with one attached hydrogen (secondary N) is 2. The molecular formula is C14H14N2O2S. The predicted octanol–water partition coefficient (Wildman–Crippen LogP) is 1.42. The summed E-state index contributed by atoms with van der Waals surface area (Å²) in [7, 11) is 0. The summed E-state index contributed by atoms with van der Waals surface area (Å²) in [4.78, 5) is 24.7. The van der Waals surface area contributed by atoms with E-state index < -0.39 is 5.41 Å². The maximum Gasteiger partial charge on any atom is 0.246 e. The van der Waals surface area contributed by atoms with Crippen molar-refractivity contribution in [3.05, 3.63) is 48.0 Å². The first-order chi connectivity index (χ1) is 9.11. The number of benzene rings is 1. The molecule has 1 aromatic carbocycles. The number of allylic oxidation sites excluding steroid dienone is 2. The number of carbonyl (C=O) groups is 2. The Morgan fingerprint density at radius 1 is 1.16 bits per heavy atom. The summed E-state index contributed by atoms with van der Waals surface area (Å²) in [5, 5.41) is 5.13. The molecule has 1 saturated heterocycles. The molecule has 2 N–H and O–H groups in total. The minimum atomic E-state index is -1.25. The van der Waals surface area contributed by atoms with E-state index in [2.05, 4.69) is 10.6 Å². The van der Waals surface area contributed by atoms with E-state index in [1.807, 2.05) is 19.1 Å². The van der Waals surface area contributed by atoms with Gasteiger partial charge in [0.25, 0.3) is 0 Å². The van der Waals surface area contributed by atoms with Crippen LogP contribution in [0.2, 0.25) is 0 Å². The fraction of sp³-hybridized carbons (Fsp3) is 0.214. The first-order valence-electron chi connectivity index (χ1n) is 5.95. The SMILES string of the molecule is CC=CCC1(c2ccccc2)C(=O)NC(=S)NC1=O. The van der Waals surface area contributed by atoms with Crippen LogP contribution in [0.4, 0.5) is 0 Å². The molecule has 0 aromatic heterocycles. The number of amides is 2. The average molecular weight is 274 g/mol. The Labute approximate surface area is 116 Å². The average Bonchev–Trinajstić information content (AvgIpc) is 2.39. The van der Waals surface area contributed by atoms with Crippen molar-refractivity contribution in [2.45, 2.75) is 18.8 Å². The van der Waals surface area contributed by atoms with Gasteiger partial charge >= 0.3 is 0 Å². The summed E-state index contributed by atoms with van der Waals surface area (Å²) in [5.74, 6) is -0.767. The van der Waals surface area contributed by atoms with Crippen molar-refractivity contribution in [1.29, 1.82) is 0 Å². The molecule has 0 atom stereocenters. The predicted molar refractivity (Wildman–Crippen MR) is 76.4 cm³/mol. The van der Waals surface area contributed by atoms with E-state index in [0.29, 0.717) is 12.0 Å². The molecule has 0 bridgehead atoms. The lowest BCUT2D eigenvalue weighted by Crippen LogP contribution is -2.64. The zero-order valence-electron chi connectivity index (χ0n) is 10.5. The second kappa shape index (κ2) is 5.32. The molecule has 2 rings (SSSR count). The lowest BCUT2D eigenvalue weighted by Gasteiger charge is -2.34. The standard InChI is InChI=1S/C14H14N2O2S/c1-2-3-9-14(10-7-5-4-6-8-10)11(17)15-13(19)16-12(14)18/h2-8H,9H2,1H3,(H2,15,16,17,18,19). The highest BCUT2D eigenvalue weighted by Gasteiger charge is 2.49. The van der Waals surface area contributed by atoms with Crippen LogP contribution in [0.5, 0.6) is 0 Å². The first kappa shape index (κ1) is 13.4. The summed E-state index contributed by atoms with van der Waals surface area (Å²) < 4.78 is 0. The maximum absolute atomic E-state index is 12.4. The highest BCUT2D eigenvalue weighted by atomic mass is 32.1. The number of hydrogen-bond acceptors (Lipinski definition) is 3. The third kappa shape index (κ3) is 2.29. The minimum Gasteiger partial charge on any atom is -0.302 e. The normalized spacial score (nSPS) is 18.3. The van der Waals surface area contributed by atoms with E-state index in [1.54, 1.807) is 30.3 Å². The Bertz CT molecular complexity index is 532. The van der Waals surface area contributed by atoms with Crippen molar-refractivity contribution < 1.29 is 9.59 Å². The summed E-state index contributed by atoms with van der Waals surface area (Å²) in [6.07, 6.45) is 3.92. The largest absolute Gasteiger partial charge is 0.302 e. The summed E-state index contributed by atoms with van der Waals surface area (Å²) in [6.45, 7) is 1.85. The molecule has 0 saturated carbocycles. The molecule has 5 heteroatoms. The summed E-state index contributed by atoms with van der Waals surface area (Å²) in [6, 6.07) is 9.00. The highest BCUT2D eigenvalue weighted by Crippen LogP contribution is 2.31. The minimum absolute atomic E-state index is 0.0574. The van der Waals surface area contributed by atoms with Gasteiger partial charge in [-0.3, -0.25) is 9.59 Å². The maximum atomic E-state index is 12.4. The van der Waals surface area contributed by atoms with Gasteiger partial charge in [-0.05, 0) is 31.1 Å². The van der Waals surface area contributed by atoms with Gasteiger partial charge in [-0.15, -0.1) is 0 Å². The fourth-order valence-electron chi connectivity index (χ4n) is 2.14. The topological polar surface area (TPSA) is 58.2 Å². The number of rotatable bonds is 3. The third-order valence-electron chi connectivity index (χ3n) is 3.16. The second-order valence-electron chi connectivity index (χ2n) is 4.28. The van der Waals surface area contributed by atoms with Crippen LogP contribution in [0, 0.1) is 0 Å². The first-order valence-corrected chi connectivity index (χ1v) is 6.35. The van der Waals surface area contributed by atoms with Crippen molar-refractivity contribution in [2.75, 3.05) is 0 Å². The zero-order valence-corrected chi connectivity index (χ0v) is 11.3. The molecule has 1 aromatic rings. The molecule has 1 heterocycles. The Kier molecular flexibility index (Phi) is 3.76. The van der Waals surface area contributed by atoms with Crippen LogP contribution in [-0.2, 0) is 15.0 Å². The van der Waals surface area contributed by atoms with E-state index in [-0.39, 0.29) is 16.9 Å². The van der Waals surface area contributed by atoms with Gasteiger partial charge in [-0.1, -0.05) is 42.5 Å². The van der Waals surface area contributed by atoms with Gasteiger partial charge in [-0.2, -0.15) is 0 Å². The highest BCUT2D eigenvalue weighted by molar-refractivity contribution is 7.80. The smallest absolute Gasteiger partial charge is 0.246 e. The Balaban J connectivity index is 2.54. The summed E-state index contributed by atoms with van der Waals surface area (Å²) in [5.41, 5.74) is -0.596. The zero-order chi connectivity index (χ0) is 13.9.